The molecule has 0 aliphatic heterocycles. The lowest BCUT2D eigenvalue weighted by atomic mass is 10.2. The predicted molar refractivity (Wildman–Crippen MR) is 66.8 cm³/mol. The fraction of sp³-hybridized carbons (Fsp3) is 0.333. The number of aliphatic hydroxyl groups excluding tert-OH is 1. The minimum Gasteiger partial charge on any atom is -0.392 e. The van der Waals surface area contributed by atoms with Gasteiger partial charge >= 0.3 is 0 Å². The smallest absolute Gasteiger partial charge is 0.119 e. The minimum absolute atomic E-state index is 0.0836. The highest BCUT2D eigenvalue weighted by Gasteiger charge is 2.05. The first-order valence-electron chi connectivity index (χ1n) is 5.59. The molecule has 0 bridgehead atoms. The zero-order chi connectivity index (χ0) is 12.1. The van der Waals surface area contributed by atoms with Crippen molar-refractivity contribution in [2.45, 2.75) is 36.4 Å². The lowest BCUT2D eigenvalue weighted by Gasteiger charge is -2.04. The SMILES string of the molecule is CCCn1nncc1Sc1ccc(CO)cc1. The number of aromatic nitrogens is 3. The van der Waals surface area contributed by atoms with Gasteiger partial charge in [-0.1, -0.05) is 36.0 Å². The summed E-state index contributed by atoms with van der Waals surface area (Å²) in [4.78, 5) is 1.13. The van der Waals surface area contributed by atoms with Gasteiger partial charge in [0.15, 0.2) is 0 Å². The van der Waals surface area contributed by atoms with Gasteiger partial charge in [0.1, 0.15) is 5.03 Å². The number of rotatable bonds is 5. The van der Waals surface area contributed by atoms with Gasteiger partial charge < -0.3 is 5.11 Å². The molecule has 5 heteroatoms. The second-order valence-electron chi connectivity index (χ2n) is 3.70. The molecule has 0 atom stereocenters. The largest absolute Gasteiger partial charge is 0.392 e. The molecule has 0 unspecified atom stereocenters. The maximum atomic E-state index is 8.97. The van der Waals surface area contributed by atoms with Crippen LogP contribution in [0.5, 0.6) is 0 Å². The summed E-state index contributed by atoms with van der Waals surface area (Å²) < 4.78 is 1.91. The van der Waals surface area contributed by atoms with E-state index in [9.17, 15) is 0 Å². The van der Waals surface area contributed by atoms with Crippen molar-refractivity contribution in [1.29, 1.82) is 0 Å². The summed E-state index contributed by atoms with van der Waals surface area (Å²) >= 11 is 1.64. The van der Waals surface area contributed by atoms with E-state index in [2.05, 4.69) is 17.2 Å². The summed E-state index contributed by atoms with van der Waals surface area (Å²) in [6.45, 7) is 3.09. The maximum absolute atomic E-state index is 8.97. The third kappa shape index (κ3) is 3.08. The lowest BCUT2D eigenvalue weighted by Crippen LogP contribution is -2.00. The summed E-state index contributed by atoms with van der Waals surface area (Å²) in [5.41, 5.74) is 0.926. The van der Waals surface area contributed by atoms with Crippen LogP contribution in [0.1, 0.15) is 18.9 Å². The van der Waals surface area contributed by atoms with Gasteiger partial charge in [-0.25, -0.2) is 4.68 Å². The van der Waals surface area contributed by atoms with Crippen LogP contribution in [-0.2, 0) is 13.2 Å². The van der Waals surface area contributed by atoms with E-state index < -0.39 is 0 Å². The topological polar surface area (TPSA) is 50.9 Å². The highest BCUT2D eigenvalue weighted by molar-refractivity contribution is 7.99. The number of nitrogens with zero attached hydrogens (tertiary/aromatic N) is 3. The molecule has 0 saturated heterocycles. The van der Waals surface area contributed by atoms with Gasteiger partial charge in [0.2, 0.25) is 0 Å². The van der Waals surface area contributed by atoms with Gasteiger partial charge in [0.05, 0.1) is 12.8 Å². The van der Waals surface area contributed by atoms with Crippen LogP contribution in [0.3, 0.4) is 0 Å². The first-order valence-corrected chi connectivity index (χ1v) is 6.41. The molecular formula is C12H15N3OS. The van der Waals surface area contributed by atoms with E-state index in [1.54, 1.807) is 18.0 Å². The molecule has 1 heterocycles. The Hall–Kier alpha value is -1.33. The third-order valence-corrected chi connectivity index (χ3v) is 3.38. The Morgan fingerprint density at radius 2 is 2.06 bits per heavy atom. The fourth-order valence-corrected chi connectivity index (χ4v) is 2.32. The zero-order valence-electron chi connectivity index (χ0n) is 9.71. The first kappa shape index (κ1) is 12.1. The molecule has 0 aliphatic rings. The van der Waals surface area contributed by atoms with Gasteiger partial charge in [-0.15, -0.1) is 5.10 Å². The highest BCUT2D eigenvalue weighted by Crippen LogP contribution is 2.26. The number of hydrogen-bond donors (Lipinski definition) is 1. The zero-order valence-corrected chi connectivity index (χ0v) is 10.5. The molecule has 0 aliphatic carbocycles. The van der Waals surface area contributed by atoms with Gasteiger partial charge in [-0.2, -0.15) is 0 Å². The number of benzene rings is 1. The second-order valence-corrected chi connectivity index (χ2v) is 4.79. The molecule has 4 nitrogen and oxygen atoms in total. The number of aryl methyl sites for hydroxylation is 1. The van der Waals surface area contributed by atoms with Gasteiger partial charge in [0.25, 0.3) is 0 Å². The fourth-order valence-electron chi connectivity index (χ4n) is 1.48. The Labute approximate surface area is 105 Å². The maximum Gasteiger partial charge on any atom is 0.119 e. The van der Waals surface area contributed by atoms with Crippen LogP contribution in [0.25, 0.3) is 0 Å². The molecule has 2 aromatic rings. The third-order valence-electron chi connectivity index (χ3n) is 2.35. The summed E-state index contributed by atoms with van der Waals surface area (Å²) in [6.07, 6.45) is 2.82. The van der Waals surface area contributed by atoms with Crippen LogP contribution >= 0.6 is 11.8 Å². The van der Waals surface area contributed by atoms with E-state index in [1.165, 1.54) is 0 Å². The Morgan fingerprint density at radius 3 is 2.71 bits per heavy atom. The van der Waals surface area contributed by atoms with E-state index >= 15 is 0 Å². The molecular weight excluding hydrogens is 234 g/mol. The van der Waals surface area contributed by atoms with Crippen LogP contribution in [0.2, 0.25) is 0 Å². The van der Waals surface area contributed by atoms with Crippen LogP contribution in [-0.4, -0.2) is 20.1 Å². The molecule has 0 fully saturated rings. The van der Waals surface area contributed by atoms with Crippen LogP contribution in [0, 0.1) is 0 Å². The Morgan fingerprint density at radius 1 is 1.29 bits per heavy atom. The van der Waals surface area contributed by atoms with Crippen molar-refractivity contribution in [3.05, 3.63) is 36.0 Å². The summed E-state index contributed by atoms with van der Waals surface area (Å²) in [6, 6.07) is 7.85. The van der Waals surface area contributed by atoms with Crippen molar-refractivity contribution >= 4 is 11.8 Å². The van der Waals surface area contributed by atoms with E-state index in [1.807, 2.05) is 28.9 Å². The lowest BCUT2D eigenvalue weighted by molar-refractivity contribution is 0.282. The predicted octanol–water partition coefficient (Wildman–Crippen LogP) is 2.33. The summed E-state index contributed by atoms with van der Waals surface area (Å²) in [5, 5.41) is 18.0. The molecule has 2 rings (SSSR count). The normalized spacial score (nSPS) is 10.7. The van der Waals surface area contributed by atoms with Crippen LogP contribution < -0.4 is 0 Å². The highest BCUT2D eigenvalue weighted by atomic mass is 32.2. The molecule has 1 aromatic carbocycles. The van der Waals surface area contributed by atoms with Crippen molar-refractivity contribution in [1.82, 2.24) is 15.0 Å². The molecule has 90 valence electrons. The van der Waals surface area contributed by atoms with Crippen molar-refractivity contribution in [2.24, 2.45) is 0 Å². The molecule has 1 N–H and O–H groups in total. The standard InChI is InChI=1S/C12H15N3OS/c1-2-7-15-12(8-13-14-15)17-11-5-3-10(9-16)4-6-11/h3-6,8,16H,2,7,9H2,1H3. The van der Waals surface area contributed by atoms with Crippen molar-refractivity contribution in [3.8, 4) is 0 Å². The average molecular weight is 249 g/mol. The van der Waals surface area contributed by atoms with E-state index in [-0.39, 0.29) is 6.61 Å². The molecule has 0 radical (unpaired) electrons. The average Bonchev–Trinajstić information content (AvgIpc) is 2.78. The Bertz CT molecular complexity index is 467. The molecule has 0 amide bonds. The molecule has 17 heavy (non-hydrogen) atoms. The molecule has 1 aromatic heterocycles. The van der Waals surface area contributed by atoms with Gasteiger partial charge in [-0.3, -0.25) is 0 Å². The number of hydrogen-bond acceptors (Lipinski definition) is 4. The van der Waals surface area contributed by atoms with Gasteiger partial charge in [0, 0.05) is 11.4 Å². The van der Waals surface area contributed by atoms with Crippen molar-refractivity contribution < 1.29 is 5.11 Å². The van der Waals surface area contributed by atoms with Crippen molar-refractivity contribution in [2.75, 3.05) is 0 Å². The monoisotopic (exact) mass is 249 g/mol. The molecule has 0 saturated carbocycles. The molecule has 0 spiro atoms. The van der Waals surface area contributed by atoms with E-state index in [0.29, 0.717) is 0 Å². The minimum atomic E-state index is 0.0836. The number of aliphatic hydroxyl groups is 1. The summed E-state index contributed by atoms with van der Waals surface area (Å²) in [7, 11) is 0. The first-order chi connectivity index (χ1) is 8.33. The Kier molecular flexibility index (Phi) is 4.17. The van der Waals surface area contributed by atoms with E-state index in [4.69, 9.17) is 5.11 Å². The second kappa shape index (κ2) is 5.84. The van der Waals surface area contributed by atoms with Crippen molar-refractivity contribution in [3.63, 3.8) is 0 Å². The summed E-state index contributed by atoms with van der Waals surface area (Å²) in [5.74, 6) is 0. The quantitative estimate of drug-likeness (QED) is 0.883. The van der Waals surface area contributed by atoms with Crippen LogP contribution in [0.4, 0.5) is 0 Å². The van der Waals surface area contributed by atoms with Crippen LogP contribution in [0.15, 0.2) is 40.4 Å². The Balaban J connectivity index is 2.10. The van der Waals surface area contributed by atoms with E-state index in [0.717, 1.165) is 28.5 Å². The van der Waals surface area contributed by atoms with Gasteiger partial charge in [-0.05, 0) is 24.1 Å².